The number of ether oxygens (including phenoxy) is 12. The van der Waals surface area contributed by atoms with Gasteiger partial charge in [0.05, 0.1) is 138 Å². The highest BCUT2D eigenvalue weighted by Crippen LogP contribution is 2.23. The van der Waals surface area contributed by atoms with Crippen molar-refractivity contribution in [2.45, 2.75) is 120 Å². The topological polar surface area (TPSA) is 426 Å². The fourth-order valence-corrected chi connectivity index (χ4v) is 7.36. The first-order chi connectivity index (χ1) is 37.7. The zero-order valence-corrected chi connectivity index (χ0v) is 44.8. The number of hydrogen-bond acceptors (Lipinski definition) is 24. The van der Waals surface area contributed by atoms with E-state index in [0.717, 1.165) is 0 Å². The van der Waals surface area contributed by atoms with E-state index in [-0.39, 0.29) is 169 Å². The van der Waals surface area contributed by atoms with Crippen LogP contribution in [0.5, 0.6) is 0 Å². The molecule has 5 amide bonds. The maximum absolute atomic E-state index is 12.7. The van der Waals surface area contributed by atoms with Crippen molar-refractivity contribution in [1.29, 1.82) is 0 Å². The quantitative estimate of drug-likeness (QED) is 0.0118. The number of rotatable bonds is 47. The van der Waals surface area contributed by atoms with Crippen LogP contribution >= 0.6 is 0 Å². The van der Waals surface area contributed by atoms with E-state index < -0.39 is 92.4 Å². The molecule has 31 nitrogen and oxygen atoms in total. The Morgan fingerprint density at radius 2 is 0.910 bits per heavy atom. The summed E-state index contributed by atoms with van der Waals surface area (Å²) in [5.41, 5.74) is 8.44. The van der Waals surface area contributed by atoms with E-state index in [9.17, 15) is 54.6 Å². The summed E-state index contributed by atoms with van der Waals surface area (Å²) in [7, 11) is 0. The molecule has 0 bridgehead atoms. The van der Waals surface area contributed by atoms with Crippen LogP contribution in [0.2, 0.25) is 0 Å². The Morgan fingerprint density at radius 1 is 0.513 bits per heavy atom. The highest BCUT2D eigenvalue weighted by molar-refractivity contribution is 5.77. The van der Waals surface area contributed by atoms with E-state index in [4.69, 9.17) is 62.4 Å². The minimum atomic E-state index is -1.41. The molecule has 2 aliphatic heterocycles. The minimum Gasteiger partial charge on any atom is -0.394 e. The Bertz CT molecular complexity index is 1580. The number of nitrogens with zero attached hydrogens (tertiary/aromatic N) is 3. The Balaban J connectivity index is 1.51. The van der Waals surface area contributed by atoms with Crippen molar-refractivity contribution in [2.24, 2.45) is 5.11 Å². The fraction of sp³-hybridized carbons (Fsp3) is 0.894. The summed E-state index contributed by atoms with van der Waals surface area (Å²) in [4.78, 5) is 63.2. The summed E-state index contributed by atoms with van der Waals surface area (Å²) in [6, 6.07) is -2.64. The summed E-state index contributed by atoms with van der Waals surface area (Å²) in [5, 5.41) is 76.5. The lowest BCUT2D eigenvalue weighted by Crippen LogP contribution is -2.64. The highest BCUT2D eigenvalue weighted by atomic mass is 16.7. The number of nitrogens with one attached hydrogen (secondary N) is 5. The third-order valence-corrected chi connectivity index (χ3v) is 11.3. The largest absolute Gasteiger partial charge is 0.394 e. The van der Waals surface area contributed by atoms with E-state index in [0.29, 0.717) is 25.8 Å². The highest BCUT2D eigenvalue weighted by Gasteiger charge is 2.46. The SMILES string of the molecule is CC(=O)N[C@H]1[C@H](OCCOCCOCCOCCNC(=O)CCOCC(COCCC(=O)NCCOCCOCCOCCO[C@@H]2O[C@H](CO)[C@H](O)[C@H](O)[C@H]2NC(C)=O)NC(=O)CCCCCN=[N+]=[N-])O[C@H](CO)[C@H](O)[C@@H]1O. The molecule has 0 aromatic rings. The normalized spacial score (nSPS) is 23.1. The van der Waals surface area contributed by atoms with Gasteiger partial charge in [0.15, 0.2) is 12.6 Å². The fourth-order valence-electron chi connectivity index (χ4n) is 7.36. The lowest BCUT2D eigenvalue weighted by atomic mass is 9.97. The van der Waals surface area contributed by atoms with E-state index in [1.807, 2.05) is 0 Å². The van der Waals surface area contributed by atoms with E-state index in [1.54, 1.807) is 0 Å². The monoisotopic (exact) mass is 1130 g/mol. The standard InChI is InChI=1S/C47H86N8O23/c1-32(58)52-40-44(65)42(63)35(28-56)77-46(40)75-26-24-71-22-20-69-18-16-67-14-10-49-37(60)7-12-73-30-34(54-39(62)6-4-3-5-9-51-55-48)31-74-13-8-38(61)50-11-15-68-17-19-70-21-23-72-25-27-76-47-41(53-33(2)59)45(66)43(64)36(29-57)78-47/h34-36,40-47,56-57,63-66H,3-31H2,1-2H3,(H,49,60)(H,50,61)(H,52,58)(H,53,59)(H,54,62)/t35-,36-,40-,41-,42+,43+,44-,45-,46-,47-/m1/s1. The molecular formula is C47H86N8O23. The van der Waals surface area contributed by atoms with Crippen LogP contribution in [-0.4, -0.2) is 279 Å². The van der Waals surface area contributed by atoms with Gasteiger partial charge in [-0.1, -0.05) is 11.5 Å². The second-order valence-corrected chi connectivity index (χ2v) is 17.7. The zero-order chi connectivity index (χ0) is 57.2. The van der Waals surface area contributed by atoms with Gasteiger partial charge >= 0.3 is 0 Å². The molecule has 0 radical (unpaired) electrons. The molecule has 11 N–H and O–H groups in total. The summed E-state index contributed by atoms with van der Waals surface area (Å²) in [6.07, 6.45) is -7.73. The molecule has 0 aromatic carbocycles. The van der Waals surface area contributed by atoms with Crippen molar-refractivity contribution in [3.63, 3.8) is 0 Å². The average molecular weight is 1130 g/mol. The molecular weight excluding hydrogens is 1040 g/mol. The van der Waals surface area contributed by atoms with Gasteiger partial charge in [-0.25, -0.2) is 0 Å². The molecule has 2 saturated heterocycles. The van der Waals surface area contributed by atoms with Gasteiger partial charge in [-0.15, -0.1) is 0 Å². The van der Waals surface area contributed by atoms with Gasteiger partial charge in [0, 0.05) is 57.7 Å². The zero-order valence-electron chi connectivity index (χ0n) is 44.8. The second kappa shape index (κ2) is 44.7. The molecule has 0 spiro atoms. The van der Waals surface area contributed by atoms with Crippen molar-refractivity contribution in [2.75, 3.05) is 152 Å². The molecule has 2 aliphatic rings. The third kappa shape index (κ3) is 32.3. The van der Waals surface area contributed by atoms with Crippen LogP contribution in [0.4, 0.5) is 0 Å². The predicted octanol–water partition coefficient (Wildman–Crippen LogP) is -4.59. The smallest absolute Gasteiger partial charge is 0.222 e. The van der Waals surface area contributed by atoms with Gasteiger partial charge in [0.2, 0.25) is 29.5 Å². The molecule has 0 unspecified atom stereocenters. The van der Waals surface area contributed by atoms with Crippen LogP contribution in [0.1, 0.15) is 52.4 Å². The van der Waals surface area contributed by atoms with Gasteiger partial charge in [-0.3, -0.25) is 24.0 Å². The van der Waals surface area contributed by atoms with Crippen molar-refractivity contribution in [3.8, 4) is 0 Å². The van der Waals surface area contributed by atoms with Crippen LogP contribution in [0.15, 0.2) is 5.11 Å². The maximum atomic E-state index is 12.7. The van der Waals surface area contributed by atoms with Crippen molar-refractivity contribution in [3.05, 3.63) is 10.4 Å². The number of aliphatic hydroxyl groups excluding tert-OH is 6. The maximum Gasteiger partial charge on any atom is 0.222 e. The number of amides is 5. The van der Waals surface area contributed by atoms with Gasteiger partial charge < -0.3 is 114 Å². The van der Waals surface area contributed by atoms with Crippen LogP contribution in [0.3, 0.4) is 0 Å². The van der Waals surface area contributed by atoms with Crippen molar-refractivity contribution < 1.29 is 111 Å². The number of carbonyl (C=O) groups excluding carboxylic acids is 5. The molecule has 0 aromatic heterocycles. The summed E-state index contributed by atoms with van der Waals surface area (Å²) >= 11 is 0. The Kier molecular flexibility index (Phi) is 40.1. The summed E-state index contributed by atoms with van der Waals surface area (Å²) in [6.45, 7) is 5.45. The van der Waals surface area contributed by atoms with Crippen LogP contribution in [0.25, 0.3) is 10.4 Å². The Morgan fingerprint density at radius 3 is 1.29 bits per heavy atom. The lowest BCUT2D eigenvalue weighted by molar-refractivity contribution is -0.272. The number of hydrogen-bond donors (Lipinski definition) is 11. The molecule has 2 heterocycles. The van der Waals surface area contributed by atoms with Crippen molar-refractivity contribution in [1.82, 2.24) is 26.6 Å². The number of aliphatic hydroxyl groups is 6. The number of carbonyl (C=O) groups is 5. The molecule has 0 aliphatic carbocycles. The van der Waals surface area contributed by atoms with Crippen LogP contribution in [0, 0.1) is 0 Å². The average Bonchev–Trinajstić information content (AvgIpc) is 3.43. The molecule has 78 heavy (non-hydrogen) atoms. The number of azide groups is 1. The van der Waals surface area contributed by atoms with E-state index >= 15 is 0 Å². The second-order valence-electron chi connectivity index (χ2n) is 17.7. The molecule has 2 fully saturated rings. The lowest BCUT2D eigenvalue weighted by Gasteiger charge is -2.42. The van der Waals surface area contributed by atoms with Crippen LogP contribution < -0.4 is 26.6 Å². The molecule has 10 atom stereocenters. The van der Waals surface area contributed by atoms with E-state index in [1.165, 1.54) is 13.8 Å². The first-order valence-corrected chi connectivity index (χ1v) is 26.2. The minimum absolute atomic E-state index is 0.0364. The molecule has 452 valence electrons. The van der Waals surface area contributed by atoms with Crippen molar-refractivity contribution >= 4 is 29.5 Å². The molecule has 2 rings (SSSR count). The Hall–Kier alpha value is -4.06. The Labute approximate surface area is 453 Å². The molecule has 31 heteroatoms. The van der Waals surface area contributed by atoms with Gasteiger partial charge in [0.1, 0.15) is 48.7 Å². The van der Waals surface area contributed by atoms with Gasteiger partial charge in [0.25, 0.3) is 0 Å². The molecule has 0 saturated carbocycles. The third-order valence-electron chi connectivity index (χ3n) is 11.3. The van der Waals surface area contributed by atoms with E-state index in [2.05, 4.69) is 36.6 Å². The summed E-state index contributed by atoms with van der Waals surface area (Å²) < 4.78 is 66.4. The summed E-state index contributed by atoms with van der Waals surface area (Å²) in [5.74, 6) is -1.67. The van der Waals surface area contributed by atoms with Gasteiger partial charge in [-0.05, 0) is 18.4 Å². The predicted molar refractivity (Wildman–Crippen MR) is 269 cm³/mol. The van der Waals surface area contributed by atoms with Gasteiger partial charge in [-0.2, -0.15) is 0 Å². The van der Waals surface area contributed by atoms with Crippen LogP contribution in [-0.2, 0) is 80.8 Å². The number of unbranched alkanes of at least 4 members (excludes halogenated alkanes) is 2. The first-order valence-electron chi connectivity index (χ1n) is 26.2. The first kappa shape index (κ1) is 70.0.